The van der Waals surface area contributed by atoms with Crippen molar-refractivity contribution in [2.45, 2.75) is 29.6 Å². The molecule has 0 saturated heterocycles. The van der Waals surface area contributed by atoms with Crippen molar-refractivity contribution in [1.82, 2.24) is 0 Å². The van der Waals surface area contributed by atoms with Gasteiger partial charge in [0.2, 0.25) is 0 Å². The molecule has 2 nitrogen and oxygen atoms in total. The van der Waals surface area contributed by atoms with Gasteiger partial charge in [-0.3, -0.25) is 10.8 Å². The maximum absolute atomic E-state index is 7.65. The van der Waals surface area contributed by atoms with Crippen LogP contribution in [-0.2, 0) is 0 Å². The molecule has 0 spiro atoms. The Kier molecular flexibility index (Phi) is 5.68. The number of benzene rings is 1. The minimum absolute atomic E-state index is 0.275. The van der Waals surface area contributed by atoms with E-state index in [1.54, 1.807) is 23.9 Å². The van der Waals surface area contributed by atoms with E-state index in [1.807, 2.05) is 17.8 Å². The molecule has 0 radical (unpaired) electrons. The minimum atomic E-state index is 0.275. The molecule has 0 heterocycles. The third-order valence-corrected chi connectivity index (χ3v) is 4.91. The van der Waals surface area contributed by atoms with Crippen LogP contribution in [0.1, 0.15) is 19.8 Å². The molecule has 1 aliphatic carbocycles. The van der Waals surface area contributed by atoms with E-state index in [2.05, 4.69) is 31.2 Å². The summed E-state index contributed by atoms with van der Waals surface area (Å²) in [7, 11) is 0. The summed E-state index contributed by atoms with van der Waals surface area (Å²) in [6.45, 7) is 2.21. The number of hydrogen-bond donors (Lipinski definition) is 2. The number of unbranched alkanes of at least 4 members (excludes halogenated alkanes) is 1. The molecule has 0 atom stereocenters. The molecular weight excluding hydrogens is 284 g/mol. The smallest absolute Gasteiger partial charge is 0.0800 e. The highest BCUT2D eigenvalue weighted by atomic mass is 32.2. The van der Waals surface area contributed by atoms with E-state index in [0.29, 0.717) is 0 Å². The Hall–Kier alpha value is -1.26. The van der Waals surface area contributed by atoms with E-state index in [1.165, 1.54) is 28.4 Å². The van der Waals surface area contributed by atoms with Crippen molar-refractivity contribution in [1.29, 1.82) is 10.8 Å². The number of allylic oxidation sites excluding steroid dienone is 3. The third-order valence-electron chi connectivity index (χ3n) is 2.82. The summed E-state index contributed by atoms with van der Waals surface area (Å²) in [6, 6.07) is 8.56. The predicted molar refractivity (Wildman–Crippen MR) is 90.6 cm³/mol. The van der Waals surface area contributed by atoms with Crippen LogP contribution in [-0.4, -0.2) is 17.2 Å². The molecule has 1 aliphatic rings. The van der Waals surface area contributed by atoms with Gasteiger partial charge in [-0.2, -0.15) is 0 Å². The summed E-state index contributed by atoms with van der Waals surface area (Å²) >= 11 is 3.54. The van der Waals surface area contributed by atoms with Crippen molar-refractivity contribution < 1.29 is 0 Å². The standard InChI is InChI=1S/C16H18N2S2/c1-2-3-10-19-12-4-6-13(7-5-12)20-14-8-9-15(17)16(18)11-14/h4-9,11,17-18H,2-3,10H2,1H3. The maximum Gasteiger partial charge on any atom is 0.0800 e. The molecule has 20 heavy (non-hydrogen) atoms. The molecule has 104 valence electrons. The summed E-state index contributed by atoms with van der Waals surface area (Å²) in [5.74, 6) is 1.18. The second-order valence-electron chi connectivity index (χ2n) is 4.48. The van der Waals surface area contributed by atoms with Gasteiger partial charge in [0.1, 0.15) is 0 Å². The Labute approximate surface area is 128 Å². The first-order chi connectivity index (χ1) is 9.69. The molecule has 0 unspecified atom stereocenters. The monoisotopic (exact) mass is 302 g/mol. The molecule has 2 N–H and O–H groups in total. The Morgan fingerprint density at radius 1 is 0.950 bits per heavy atom. The fraction of sp³-hybridized carbons (Fsp3) is 0.250. The minimum Gasteiger partial charge on any atom is -0.299 e. The fourth-order valence-corrected chi connectivity index (χ4v) is 3.52. The molecule has 0 fully saturated rings. The molecule has 1 aromatic rings. The van der Waals surface area contributed by atoms with Crippen LogP contribution in [0.4, 0.5) is 0 Å². The Balaban J connectivity index is 1.94. The van der Waals surface area contributed by atoms with Gasteiger partial charge in [0, 0.05) is 14.7 Å². The first kappa shape index (κ1) is 15.1. The largest absolute Gasteiger partial charge is 0.299 e. The molecule has 0 saturated carbocycles. The topological polar surface area (TPSA) is 47.7 Å². The number of thioether (sulfide) groups is 2. The van der Waals surface area contributed by atoms with Crippen LogP contribution < -0.4 is 0 Å². The highest BCUT2D eigenvalue weighted by molar-refractivity contribution is 8.03. The number of rotatable bonds is 6. The van der Waals surface area contributed by atoms with Crippen molar-refractivity contribution in [3.63, 3.8) is 0 Å². The van der Waals surface area contributed by atoms with E-state index >= 15 is 0 Å². The lowest BCUT2D eigenvalue weighted by atomic mass is 10.1. The van der Waals surface area contributed by atoms with Crippen molar-refractivity contribution in [3.05, 3.63) is 47.4 Å². The summed E-state index contributed by atoms with van der Waals surface area (Å²) in [4.78, 5) is 3.49. The van der Waals surface area contributed by atoms with Crippen LogP contribution in [0.2, 0.25) is 0 Å². The maximum atomic E-state index is 7.65. The highest BCUT2D eigenvalue weighted by Crippen LogP contribution is 2.30. The predicted octanol–water partition coefficient (Wildman–Crippen LogP) is 5.16. The van der Waals surface area contributed by atoms with Gasteiger partial charge in [-0.25, -0.2) is 0 Å². The van der Waals surface area contributed by atoms with Gasteiger partial charge < -0.3 is 0 Å². The van der Waals surface area contributed by atoms with Crippen molar-refractivity contribution in [2.75, 3.05) is 5.75 Å². The van der Waals surface area contributed by atoms with Crippen LogP contribution in [0.25, 0.3) is 0 Å². The summed E-state index contributed by atoms with van der Waals surface area (Å²) in [6.07, 6.45) is 7.82. The summed E-state index contributed by atoms with van der Waals surface area (Å²) < 4.78 is 0. The van der Waals surface area contributed by atoms with E-state index in [4.69, 9.17) is 10.8 Å². The zero-order valence-corrected chi connectivity index (χ0v) is 13.1. The van der Waals surface area contributed by atoms with Gasteiger partial charge >= 0.3 is 0 Å². The van der Waals surface area contributed by atoms with Gasteiger partial charge in [0.25, 0.3) is 0 Å². The quantitative estimate of drug-likeness (QED) is 0.433. The lowest BCUT2D eigenvalue weighted by molar-refractivity contribution is 0.896. The van der Waals surface area contributed by atoms with E-state index in [9.17, 15) is 0 Å². The SMILES string of the molecule is CCCCSc1ccc(SC2=CC(=N)C(=N)C=C2)cc1. The molecular formula is C16H18N2S2. The van der Waals surface area contributed by atoms with Gasteiger partial charge in [-0.05, 0) is 54.7 Å². The normalized spacial score (nSPS) is 14.6. The van der Waals surface area contributed by atoms with Gasteiger partial charge in [-0.1, -0.05) is 25.1 Å². The van der Waals surface area contributed by atoms with Crippen LogP contribution in [0.3, 0.4) is 0 Å². The summed E-state index contributed by atoms with van der Waals surface area (Å²) in [5, 5.41) is 15.2. The molecule has 0 bridgehead atoms. The van der Waals surface area contributed by atoms with Crippen LogP contribution in [0.15, 0.2) is 57.2 Å². The molecule has 0 aliphatic heterocycles. The first-order valence-corrected chi connectivity index (χ1v) is 8.47. The second-order valence-corrected chi connectivity index (χ2v) is 6.80. The first-order valence-electron chi connectivity index (χ1n) is 6.67. The molecule has 0 aromatic heterocycles. The summed E-state index contributed by atoms with van der Waals surface area (Å²) in [5.41, 5.74) is 0.554. The third kappa shape index (κ3) is 4.39. The molecule has 1 aromatic carbocycles. The van der Waals surface area contributed by atoms with Crippen molar-refractivity contribution in [3.8, 4) is 0 Å². The van der Waals surface area contributed by atoms with Crippen molar-refractivity contribution >= 4 is 34.9 Å². The van der Waals surface area contributed by atoms with Gasteiger partial charge in [-0.15, -0.1) is 11.8 Å². The zero-order valence-electron chi connectivity index (χ0n) is 11.5. The average Bonchev–Trinajstić information content (AvgIpc) is 2.45. The lowest BCUT2D eigenvalue weighted by Crippen LogP contribution is -2.09. The fourth-order valence-electron chi connectivity index (χ4n) is 1.66. The van der Waals surface area contributed by atoms with Crippen molar-refractivity contribution in [2.24, 2.45) is 0 Å². The lowest BCUT2D eigenvalue weighted by Gasteiger charge is -2.08. The Morgan fingerprint density at radius 3 is 2.30 bits per heavy atom. The number of hydrogen-bond acceptors (Lipinski definition) is 4. The Morgan fingerprint density at radius 2 is 1.65 bits per heavy atom. The van der Waals surface area contributed by atoms with E-state index in [0.717, 1.165) is 4.91 Å². The Bertz CT molecular complexity index is 556. The molecule has 0 amide bonds. The molecule has 4 heteroatoms. The van der Waals surface area contributed by atoms with Gasteiger partial charge in [0.15, 0.2) is 0 Å². The van der Waals surface area contributed by atoms with Crippen LogP contribution >= 0.6 is 23.5 Å². The highest BCUT2D eigenvalue weighted by Gasteiger charge is 2.07. The molecule has 2 rings (SSSR count). The van der Waals surface area contributed by atoms with Crippen LogP contribution in [0, 0.1) is 10.8 Å². The average molecular weight is 302 g/mol. The van der Waals surface area contributed by atoms with Crippen LogP contribution in [0.5, 0.6) is 0 Å². The van der Waals surface area contributed by atoms with E-state index < -0.39 is 0 Å². The second kappa shape index (κ2) is 7.50. The zero-order chi connectivity index (χ0) is 14.4. The number of nitrogens with one attached hydrogen (secondary N) is 2. The van der Waals surface area contributed by atoms with Gasteiger partial charge in [0.05, 0.1) is 11.4 Å². The van der Waals surface area contributed by atoms with E-state index in [-0.39, 0.29) is 11.4 Å².